The first kappa shape index (κ1) is 12.6. The van der Waals surface area contributed by atoms with Crippen molar-refractivity contribution in [1.82, 2.24) is 9.38 Å². The maximum absolute atomic E-state index is 12.1. The van der Waals surface area contributed by atoms with Gasteiger partial charge in [-0.1, -0.05) is 0 Å². The Labute approximate surface area is 127 Å². The third-order valence-corrected chi connectivity index (χ3v) is 4.40. The molecule has 1 amide bonds. The number of nitrogens with one attached hydrogen (secondary N) is 1. The van der Waals surface area contributed by atoms with Gasteiger partial charge in [0, 0.05) is 26.5 Å². The van der Waals surface area contributed by atoms with Crippen molar-refractivity contribution in [2.75, 3.05) is 5.32 Å². The van der Waals surface area contributed by atoms with E-state index in [1.54, 1.807) is 6.20 Å². The van der Waals surface area contributed by atoms with E-state index < -0.39 is 0 Å². The Balaban J connectivity index is 1.85. The molecule has 0 fully saturated rings. The van der Waals surface area contributed by atoms with Crippen molar-refractivity contribution >= 4 is 50.5 Å². The molecule has 3 rings (SSSR count). The van der Waals surface area contributed by atoms with Crippen LogP contribution in [0.4, 0.5) is 5.69 Å². The summed E-state index contributed by atoms with van der Waals surface area (Å²) in [5.41, 5.74) is 2.30. The van der Waals surface area contributed by atoms with Gasteiger partial charge in [0.1, 0.15) is 5.69 Å². The fraction of sp³-hybridized carbons (Fsp3) is 0.0769. The highest BCUT2D eigenvalue weighted by molar-refractivity contribution is 14.1. The van der Waals surface area contributed by atoms with Gasteiger partial charge in [-0.2, -0.15) is 0 Å². The summed E-state index contributed by atoms with van der Waals surface area (Å²) in [5.74, 6) is -0.184. The zero-order valence-corrected chi connectivity index (χ0v) is 13.0. The summed E-state index contributed by atoms with van der Waals surface area (Å²) in [4.78, 5) is 17.2. The molecule has 2 heterocycles. The van der Waals surface area contributed by atoms with Gasteiger partial charge in [-0.05, 0) is 53.8 Å². The molecule has 1 N–H and O–H groups in total. The minimum atomic E-state index is -0.184. The molecule has 19 heavy (non-hydrogen) atoms. The first-order valence-corrected chi connectivity index (χ1v) is 7.59. The normalized spacial score (nSPS) is 10.8. The van der Waals surface area contributed by atoms with Crippen LogP contribution in [0.2, 0.25) is 0 Å². The Hall–Kier alpha value is -1.41. The lowest BCUT2D eigenvalue weighted by molar-refractivity contribution is 0.102. The highest BCUT2D eigenvalue weighted by atomic mass is 127. The number of nitrogens with zero attached hydrogens (tertiary/aromatic N) is 2. The highest BCUT2D eigenvalue weighted by Crippen LogP contribution is 2.17. The predicted molar refractivity (Wildman–Crippen MR) is 84.9 cm³/mol. The van der Waals surface area contributed by atoms with Crippen LogP contribution in [-0.4, -0.2) is 15.3 Å². The smallest absolute Gasteiger partial charge is 0.275 e. The van der Waals surface area contributed by atoms with Gasteiger partial charge in [0.15, 0.2) is 4.96 Å². The van der Waals surface area contributed by atoms with Crippen LogP contribution in [0.5, 0.6) is 0 Å². The molecule has 6 heteroatoms. The van der Waals surface area contributed by atoms with Crippen LogP contribution >= 0.6 is 33.9 Å². The van der Waals surface area contributed by atoms with Crippen molar-refractivity contribution in [3.8, 4) is 0 Å². The summed E-state index contributed by atoms with van der Waals surface area (Å²) in [5, 5.41) is 4.86. The lowest BCUT2D eigenvalue weighted by Crippen LogP contribution is -2.12. The number of aryl methyl sites for hydroxylation is 1. The standard InChI is InChI=1S/C13H10IN3OS/c1-8-7-19-13-16-11(6-17(8)13)12(18)15-10-4-2-9(14)3-5-10/h2-7H,1H3,(H,15,18). The molecule has 0 aliphatic carbocycles. The topological polar surface area (TPSA) is 46.4 Å². The maximum atomic E-state index is 12.1. The van der Waals surface area contributed by atoms with Crippen molar-refractivity contribution in [3.05, 3.63) is 50.8 Å². The van der Waals surface area contributed by atoms with Gasteiger partial charge in [0.05, 0.1) is 0 Å². The number of aromatic nitrogens is 2. The van der Waals surface area contributed by atoms with Gasteiger partial charge >= 0.3 is 0 Å². The zero-order valence-electron chi connectivity index (χ0n) is 10.1. The number of thiazole rings is 1. The predicted octanol–water partition coefficient (Wildman–Crippen LogP) is 3.56. The third-order valence-electron chi connectivity index (χ3n) is 2.72. The van der Waals surface area contributed by atoms with Gasteiger partial charge in [-0.3, -0.25) is 9.20 Å². The van der Waals surface area contributed by atoms with Gasteiger partial charge in [-0.25, -0.2) is 4.98 Å². The molecule has 0 bridgehead atoms. The Kier molecular flexibility index (Phi) is 3.28. The molecule has 0 aliphatic rings. The molecule has 0 saturated carbocycles. The molecule has 0 atom stereocenters. The number of halogens is 1. The average Bonchev–Trinajstić information content (AvgIpc) is 2.95. The van der Waals surface area contributed by atoms with E-state index in [0.29, 0.717) is 5.69 Å². The second-order valence-corrected chi connectivity index (χ2v) is 6.20. The molecule has 96 valence electrons. The van der Waals surface area contributed by atoms with E-state index in [-0.39, 0.29) is 5.91 Å². The molecule has 2 aromatic heterocycles. The Morgan fingerprint density at radius 2 is 2.11 bits per heavy atom. The molecule has 3 aromatic rings. The number of fused-ring (bicyclic) bond motifs is 1. The largest absolute Gasteiger partial charge is 0.321 e. The van der Waals surface area contributed by atoms with Crippen LogP contribution < -0.4 is 5.32 Å². The fourth-order valence-electron chi connectivity index (χ4n) is 1.73. The quantitative estimate of drug-likeness (QED) is 0.688. The third kappa shape index (κ3) is 2.50. The lowest BCUT2D eigenvalue weighted by Gasteiger charge is -2.02. The number of carbonyl (C=O) groups excluding carboxylic acids is 1. The minimum Gasteiger partial charge on any atom is -0.321 e. The first-order chi connectivity index (χ1) is 9.13. The number of hydrogen-bond acceptors (Lipinski definition) is 3. The van der Waals surface area contributed by atoms with E-state index in [1.165, 1.54) is 11.3 Å². The zero-order chi connectivity index (χ0) is 13.4. The molecule has 0 unspecified atom stereocenters. The maximum Gasteiger partial charge on any atom is 0.275 e. The van der Waals surface area contributed by atoms with Gasteiger partial charge < -0.3 is 5.32 Å². The highest BCUT2D eigenvalue weighted by Gasteiger charge is 2.12. The van der Waals surface area contributed by atoms with E-state index >= 15 is 0 Å². The molecular weight excluding hydrogens is 373 g/mol. The Morgan fingerprint density at radius 3 is 2.79 bits per heavy atom. The molecule has 0 saturated heterocycles. The van der Waals surface area contributed by atoms with Crippen molar-refractivity contribution in [2.24, 2.45) is 0 Å². The number of carbonyl (C=O) groups is 1. The van der Waals surface area contributed by atoms with E-state index in [9.17, 15) is 4.79 Å². The molecule has 4 nitrogen and oxygen atoms in total. The monoisotopic (exact) mass is 383 g/mol. The molecule has 0 spiro atoms. The van der Waals surface area contributed by atoms with Crippen LogP contribution in [0.1, 0.15) is 16.2 Å². The van der Waals surface area contributed by atoms with Crippen LogP contribution in [0.15, 0.2) is 35.8 Å². The Morgan fingerprint density at radius 1 is 1.37 bits per heavy atom. The van der Waals surface area contributed by atoms with Crippen LogP contribution in [0, 0.1) is 10.5 Å². The summed E-state index contributed by atoms with van der Waals surface area (Å²) in [7, 11) is 0. The second-order valence-electron chi connectivity index (χ2n) is 4.12. The summed E-state index contributed by atoms with van der Waals surface area (Å²) in [6.07, 6.45) is 1.77. The first-order valence-electron chi connectivity index (χ1n) is 5.63. The molecule has 0 aliphatic heterocycles. The number of benzene rings is 1. The summed E-state index contributed by atoms with van der Waals surface area (Å²) in [6, 6.07) is 7.66. The SMILES string of the molecule is Cc1csc2nc(C(=O)Nc3ccc(I)cc3)cn12. The molecule has 1 aromatic carbocycles. The lowest BCUT2D eigenvalue weighted by atomic mass is 10.3. The number of hydrogen-bond donors (Lipinski definition) is 1. The molecule has 0 radical (unpaired) electrons. The summed E-state index contributed by atoms with van der Waals surface area (Å²) in [6.45, 7) is 1.99. The van der Waals surface area contributed by atoms with Crippen molar-refractivity contribution in [1.29, 1.82) is 0 Å². The van der Waals surface area contributed by atoms with Crippen LogP contribution in [0.25, 0.3) is 4.96 Å². The van der Waals surface area contributed by atoms with Crippen molar-refractivity contribution in [2.45, 2.75) is 6.92 Å². The Bertz CT molecular complexity index is 745. The van der Waals surface area contributed by atoms with Gasteiger partial charge in [0.2, 0.25) is 0 Å². The number of amides is 1. The van der Waals surface area contributed by atoms with E-state index in [2.05, 4.69) is 32.9 Å². The van der Waals surface area contributed by atoms with Crippen molar-refractivity contribution < 1.29 is 4.79 Å². The van der Waals surface area contributed by atoms with Crippen LogP contribution in [0.3, 0.4) is 0 Å². The fourth-order valence-corrected chi connectivity index (χ4v) is 2.94. The van der Waals surface area contributed by atoms with Gasteiger partial charge in [-0.15, -0.1) is 11.3 Å². The number of anilines is 1. The minimum absolute atomic E-state index is 0.184. The van der Waals surface area contributed by atoms with Gasteiger partial charge in [0.25, 0.3) is 5.91 Å². The second kappa shape index (κ2) is 4.93. The number of rotatable bonds is 2. The van der Waals surface area contributed by atoms with E-state index in [0.717, 1.165) is 19.9 Å². The average molecular weight is 383 g/mol. The van der Waals surface area contributed by atoms with E-state index in [4.69, 9.17) is 0 Å². The van der Waals surface area contributed by atoms with E-state index in [1.807, 2.05) is 41.0 Å². The molecular formula is C13H10IN3OS. The summed E-state index contributed by atoms with van der Waals surface area (Å²) >= 11 is 3.76. The van der Waals surface area contributed by atoms with Crippen molar-refractivity contribution in [3.63, 3.8) is 0 Å². The van der Waals surface area contributed by atoms with Crippen LogP contribution in [-0.2, 0) is 0 Å². The number of imidazole rings is 1. The summed E-state index contributed by atoms with van der Waals surface area (Å²) < 4.78 is 3.06.